The second-order valence-corrected chi connectivity index (χ2v) is 4.62. The van der Waals surface area contributed by atoms with Crippen molar-refractivity contribution in [3.8, 4) is 0 Å². The average molecular weight is 304 g/mol. The van der Waals surface area contributed by atoms with Crippen molar-refractivity contribution in [2.45, 2.75) is 6.92 Å². The fourth-order valence-electron chi connectivity index (χ4n) is 1.51. The molecule has 108 valence electrons. The molecule has 0 radical (unpaired) electrons. The molecule has 1 aromatic heterocycles. The summed E-state index contributed by atoms with van der Waals surface area (Å²) in [5, 5.41) is 2.90. The molecule has 2 aromatic rings. The van der Waals surface area contributed by atoms with Gasteiger partial charge in [-0.1, -0.05) is 12.1 Å². The fraction of sp³-hybridized carbons (Fsp3) is 0.0714. The van der Waals surface area contributed by atoms with E-state index in [-0.39, 0.29) is 16.6 Å². The molecule has 0 aliphatic carbocycles. The molecule has 1 amide bonds. The normalized spacial score (nSPS) is 9.81. The quantitative estimate of drug-likeness (QED) is 0.586. The first-order valence-corrected chi connectivity index (χ1v) is 6.51. The van der Waals surface area contributed by atoms with E-state index in [9.17, 15) is 9.18 Å². The highest BCUT2D eigenvalue weighted by atomic mass is 32.1. The predicted octanol–water partition coefficient (Wildman–Crippen LogP) is 2.16. The number of rotatable bonds is 2. The first-order chi connectivity index (χ1) is 10.1. The summed E-state index contributed by atoms with van der Waals surface area (Å²) in [6.07, 6.45) is 1.51. The van der Waals surface area contributed by atoms with Crippen molar-refractivity contribution in [3.05, 3.63) is 59.7 Å². The van der Waals surface area contributed by atoms with Crippen LogP contribution in [0.15, 0.2) is 42.6 Å². The average Bonchev–Trinajstić information content (AvgIpc) is 2.49. The van der Waals surface area contributed by atoms with Crippen LogP contribution >= 0.6 is 12.2 Å². The molecule has 0 saturated carbocycles. The second kappa shape index (κ2) is 6.76. The zero-order valence-corrected chi connectivity index (χ0v) is 12.0. The summed E-state index contributed by atoms with van der Waals surface area (Å²) in [7, 11) is 0. The predicted molar refractivity (Wildman–Crippen MR) is 82.2 cm³/mol. The van der Waals surface area contributed by atoms with Gasteiger partial charge in [-0.2, -0.15) is 0 Å². The topological polar surface area (TPSA) is 66.0 Å². The molecule has 3 N–H and O–H groups in total. The van der Waals surface area contributed by atoms with Gasteiger partial charge in [-0.3, -0.25) is 20.6 Å². The van der Waals surface area contributed by atoms with Gasteiger partial charge in [0.15, 0.2) is 5.11 Å². The van der Waals surface area contributed by atoms with E-state index < -0.39 is 5.91 Å². The zero-order valence-electron chi connectivity index (χ0n) is 11.2. The molecule has 0 atom stereocenters. The lowest BCUT2D eigenvalue weighted by Gasteiger charge is -2.11. The van der Waals surface area contributed by atoms with Gasteiger partial charge in [-0.05, 0) is 49.0 Å². The number of halogens is 1. The lowest BCUT2D eigenvalue weighted by molar-refractivity contribution is 0.0939. The first kappa shape index (κ1) is 14.9. The smallest absolute Gasteiger partial charge is 0.288 e. The van der Waals surface area contributed by atoms with Crippen molar-refractivity contribution in [2.75, 3.05) is 5.32 Å². The fourth-order valence-corrected chi connectivity index (χ4v) is 1.68. The van der Waals surface area contributed by atoms with Crippen LogP contribution in [-0.2, 0) is 0 Å². The SMILES string of the molecule is Cc1ccc(NC(=S)NNC(=O)c2ccccn2)cc1F. The van der Waals surface area contributed by atoms with Gasteiger partial charge in [0.25, 0.3) is 5.91 Å². The van der Waals surface area contributed by atoms with Gasteiger partial charge in [0.1, 0.15) is 11.5 Å². The number of carbonyl (C=O) groups is 1. The van der Waals surface area contributed by atoms with Crippen LogP contribution in [0.4, 0.5) is 10.1 Å². The number of nitrogens with one attached hydrogen (secondary N) is 3. The number of aryl methyl sites for hydroxylation is 1. The number of benzene rings is 1. The largest absolute Gasteiger partial charge is 0.331 e. The summed E-state index contributed by atoms with van der Waals surface area (Å²) in [6.45, 7) is 1.67. The number of hydrazine groups is 1. The van der Waals surface area contributed by atoms with Gasteiger partial charge < -0.3 is 5.32 Å². The number of carbonyl (C=O) groups excluding carboxylic acids is 1. The van der Waals surface area contributed by atoms with Crippen molar-refractivity contribution >= 4 is 28.9 Å². The van der Waals surface area contributed by atoms with Gasteiger partial charge >= 0.3 is 0 Å². The zero-order chi connectivity index (χ0) is 15.2. The number of amides is 1. The Labute approximate surface area is 126 Å². The van der Waals surface area contributed by atoms with E-state index in [4.69, 9.17) is 12.2 Å². The van der Waals surface area contributed by atoms with Gasteiger partial charge in [-0.25, -0.2) is 4.39 Å². The molecular formula is C14H13FN4OS. The lowest BCUT2D eigenvalue weighted by atomic mass is 10.2. The Hall–Kier alpha value is -2.54. The molecule has 0 fully saturated rings. The van der Waals surface area contributed by atoms with E-state index in [0.717, 1.165) is 0 Å². The Morgan fingerprint density at radius 3 is 2.71 bits per heavy atom. The maximum atomic E-state index is 13.4. The minimum Gasteiger partial charge on any atom is -0.331 e. The lowest BCUT2D eigenvalue weighted by Crippen LogP contribution is -2.44. The molecule has 0 aliphatic rings. The van der Waals surface area contributed by atoms with Crippen LogP contribution in [0.2, 0.25) is 0 Å². The highest BCUT2D eigenvalue weighted by Gasteiger charge is 2.06. The molecule has 0 bridgehead atoms. The van der Waals surface area contributed by atoms with Crippen molar-refractivity contribution < 1.29 is 9.18 Å². The van der Waals surface area contributed by atoms with E-state index in [1.165, 1.54) is 12.3 Å². The molecule has 5 nitrogen and oxygen atoms in total. The summed E-state index contributed by atoms with van der Waals surface area (Å²) < 4.78 is 13.4. The van der Waals surface area contributed by atoms with Gasteiger partial charge in [0, 0.05) is 11.9 Å². The molecule has 0 aliphatic heterocycles. The molecule has 21 heavy (non-hydrogen) atoms. The summed E-state index contributed by atoms with van der Waals surface area (Å²) >= 11 is 5.00. The maximum absolute atomic E-state index is 13.4. The number of hydrogen-bond donors (Lipinski definition) is 3. The van der Waals surface area contributed by atoms with E-state index in [1.807, 2.05) is 0 Å². The van der Waals surface area contributed by atoms with Crippen LogP contribution in [0, 0.1) is 12.7 Å². The van der Waals surface area contributed by atoms with Crippen LogP contribution in [0.1, 0.15) is 16.1 Å². The van der Waals surface area contributed by atoms with Crippen molar-refractivity contribution in [1.29, 1.82) is 0 Å². The molecule has 0 spiro atoms. The molecule has 0 unspecified atom stereocenters. The third-order valence-corrected chi connectivity index (χ3v) is 2.82. The summed E-state index contributed by atoms with van der Waals surface area (Å²) in [5.74, 6) is -0.754. The second-order valence-electron chi connectivity index (χ2n) is 4.21. The highest BCUT2D eigenvalue weighted by molar-refractivity contribution is 7.80. The van der Waals surface area contributed by atoms with E-state index >= 15 is 0 Å². The minimum atomic E-state index is -0.421. The number of thiocarbonyl (C=S) groups is 1. The standard InChI is InChI=1S/C14H13FN4OS/c1-9-5-6-10(8-11(9)15)17-14(21)19-18-13(20)12-4-2-3-7-16-12/h2-8H,1H3,(H,18,20)(H2,17,19,21). The van der Waals surface area contributed by atoms with Crippen LogP contribution in [0.25, 0.3) is 0 Å². The monoisotopic (exact) mass is 304 g/mol. The molecule has 7 heteroatoms. The van der Waals surface area contributed by atoms with Crippen molar-refractivity contribution in [1.82, 2.24) is 15.8 Å². The molecule has 2 rings (SSSR count). The maximum Gasteiger partial charge on any atom is 0.288 e. The summed E-state index contributed by atoms with van der Waals surface area (Å²) in [6, 6.07) is 9.63. The van der Waals surface area contributed by atoms with Crippen molar-refractivity contribution in [3.63, 3.8) is 0 Å². The van der Waals surface area contributed by atoms with Crippen LogP contribution in [0.3, 0.4) is 0 Å². The van der Waals surface area contributed by atoms with Crippen LogP contribution in [0.5, 0.6) is 0 Å². The number of anilines is 1. The number of pyridine rings is 1. The summed E-state index contributed by atoms with van der Waals surface area (Å²) in [5.41, 5.74) is 6.21. The Morgan fingerprint density at radius 2 is 2.05 bits per heavy atom. The number of hydrogen-bond acceptors (Lipinski definition) is 3. The number of nitrogens with zero attached hydrogens (tertiary/aromatic N) is 1. The Morgan fingerprint density at radius 1 is 1.24 bits per heavy atom. The molecule has 1 aromatic carbocycles. The first-order valence-electron chi connectivity index (χ1n) is 6.11. The molecule has 0 saturated heterocycles. The van der Waals surface area contributed by atoms with Crippen LogP contribution < -0.4 is 16.2 Å². The number of aromatic nitrogens is 1. The molecular weight excluding hydrogens is 291 g/mol. The minimum absolute atomic E-state index is 0.141. The van der Waals surface area contributed by atoms with E-state index in [2.05, 4.69) is 21.2 Å². The third-order valence-electron chi connectivity index (χ3n) is 2.62. The van der Waals surface area contributed by atoms with Crippen molar-refractivity contribution in [2.24, 2.45) is 0 Å². The Balaban J connectivity index is 1.87. The third kappa shape index (κ3) is 4.22. The summed E-state index contributed by atoms with van der Waals surface area (Å²) in [4.78, 5) is 15.6. The van der Waals surface area contributed by atoms with E-state index in [0.29, 0.717) is 11.3 Å². The van der Waals surface area contributed by atoms with Gasteiger partial charge in [-0.15, -0.1) is 0 Å². The van der Waals surface area contributed by atoms with Crippen LogP contribution in [-0.4, -0.2) is 16.0 Å². The highest BCUT2D eigenvalue weighted by Crippen LogP contribution is 2.13. The Bertz CT molecular complexity index is 663. The van der Waals surface area contributed by atoms with Gasteiger partial charge in [0.2, 0.25) is 0 Å². The van der Waals surface area contributed by atoms with E-state index in [1.54, 1.807) is 37.3 Å². The van der Waals surface area contributed by atoms with Gasteiger partial charge in [0.05, 0.1) is 0 Å². The Kier molecular flexibility index (Phi) is 4.78. The molecule has 1 heterocycles.